The second kappa shape index (κ2) is 2.74. The van der Waals surface area contributed by atoms with Crippen molar-refractivity contribution in [3.63, 3.8) is 0 Å². The van der Waals surface area contributed by atoms with E-state index in [4.69, 9.17) is 0 Å². The molecule has 1 aromatic heterocycles. The summed E-state index contributed by atoms with van der Waals surface area (Å²) >= 11 is 3.41. The van der Waals surface area contributed by atoms with Crippen LogP contribution < -0.4 is 5.56 Å². The molecule has 2 aromatic rings. The summed E-state index contributed by atoms with van der Waals surface area (Å²) in [5.41, 5.74) is 0.942. The van der Waals surface area contributed by atoms with Crippen molar-refractivity contribution in [1.82, 2.24) is 9.55 Å². The minimum atomic E-state index is 0.125. The molecule has 4 heteroatoms. The van der Waals surface area contributed by atoms with E-state index >= 15 is 0 Å². The summed E-state index contributed by atoms with van der Waals surface area (Å²) in [5.74, 6) is 2.23. The molecule has 0 radical (unpaired) electrons. The molecular weight excluding hydrogens is 268 g/mol. The van der Waals surface area contributed by atoms with Crippen molar-refractivity contribution in [3.05, 3.63) is 38.9 Å². The van der Waals surface area contributed by atoms with E-state index in [9.17, 15) is 4.79 Å². The normalized spacial score (nSPS) is 25.6. The molecule has 1 fully saturated rings. The van der Waals surface area contributed by atoms with E-state index in [1.165, 1.54) is 6.42 Å². The largest absolute Gasteiger partial charge is 0.296 e. The Labute approximate surface area is 100 Å². The summed E-state index contributed by atoms with van der Waals surface area (Å²) in [6, 6.07) is 5.67. The highest BCUT2D eigenvalue weighted by atomic mass is 79.9. The van der Waals surface area contributed by atoms with Gasteiger partial charge in [-0.3, -0.25) is 9.36 Å². The molecule has 0 saturated heterocycles. The summed E-state index contributed by atoms with van der Waals surface area (Å²) in [6.45, 7) is 0.873. The number of fused-ring (bicyclic) bond motifs is 4. The highest BCUT2D eigenvalue weighted by Crippen LogP contribution is 2.52. The summed E-state index contributed by atoms with van der Waals surface area (Å²) in [6.07, 6.45) is 1.21. The molecule has 3 nitrogen and oxygen atoms in total. The number of benzene rings is 1. The first-order valence-corrected chi connectivity index (χ1v) is 6.23. The lowest BCUT2D eigenvalue weighted by molar-refractivity contribution is 0.642. The van der Waals surface area contributed by atoms with Crippen LogP contribution in [0, 0.1) is 5.92 Å². The molecule has 1 aliphatic heterocycles. The maximum Gasteiger partial charge on any atom is 0.261 e. The Kier molecular flexibility index (Phi) is 1.53. The number of aromatic nitrogens is 2. The predicted octanol–water partition coefficient (Wildman–Crippen LogP) is 2.28. The standard InChI is InChI=1S/C12H9BrN2O/c13-7-1-2-8-10(4-7)14-11-9-3-6(9)5-15(11)12(8)16/h1-2,4,6,9H,3,5H2. The van der Waals surface area contributed by atoms with Gasteiger partial charge in [-0.1, -0.05) is 15.9 Å². The van der Waals surface area contributed by atoms with E-state index in [0.717, 1.165) is 27.7 Å². The van der Waals surface area contributed by atoms with Crippen LogP contribution in [0.25, 0.3) is 10.9 Å². The van der Waals surface area contributed by atoms with Crippen LogP contribution in [0.15, 0.2) is 27.5 Å². The van der Waals surface area contributed by atoms with Crippen molar-refractivity contribution in [3.8, 4) is 0 Å². The lowest BCUT2D eigenvalue weighted by atomic mass is 10.2. The zero-order valence-corrected chi connectivity index (χ0v) is 10.1. The minimum Gasteiger partial charge on any atom is -0.296 e. The fourth-order valence-electron chi connectivity index (χ4n) is 2.67. The van der Waals surface area contributed by atoms with Crippen molar-refractivity contribution >= 4 is 26.8 Å². The second-order valence-corrected chi connectivity index (χ2v) is 5.57. The third-order valence-corrected chi connectivity index (χ3v) is 4.11. The first-order chi connectivity index (χ1) is 7.74. The van der Waals surface area contributed by atoms with Crippen LogP contribution in [0.4, 0.5) is 0 Å². The van der Waals surface area contributed by atoms with Crippen LogP contribution in [-0.4, -0.2) is 9.55 Å². The van der Waals surface area contributed by atoms with Gasteiger partial charge in [-0.15, -0.1) is 0 Å². The molecule has 2 unspecified atom stereocenters. The van der Waals surface area contributed by atoms with E-state index in [2.05, 4.69) is 20.9 Å². The number of hydrogen-bond acceptors (Lipinski definition) is 2. The maximum atomic E-state index is 12.2. The molecule has 16 heavy (non-hydrogen) atoms. The van der Waals surface area contributed by atoms with Crippen molar-refractivity contribution in [2.24, 2.45) is 5.92 Å². The SMILES string of the molecule is O=c1c2ccc(Br)cc2nc2n1CC1CC21. The van der Waals surface area contributed by atoms with Gasteiger partial charge in [0, 0.05) is 16.9 Å². The van der Waals surface area contributed by atoms with E-state index in [1.54, 1.807) is 0 Å². The second-order valence-electron chi connectivity index (χ2n) is 4.65. The molecule has 2 heterocycles. The van der Waals surface area contributed by atoms with Gasteiger partial charge >= 0.3 is 0 Å². The Bertz CT molecular complexity index is 677. The topological polar surface area (TPSA) is 34.9 Å². The number of nitrogens with zero attached hydrogens (tertiary/aromatic N) is 2. The van der Waals surface area contributed by atoms with Gasteiger partial charge in [0.05, 0.1) is 10.9 Å². The molecule has 80 valence electrons. The molecule has 2 atom stereocenters. The lowest BCUT2D eigenvalue weighted by Gasteiger charge is -2.07. The fourth-order valence-corrected chi connectivity index (χ4v) is 3.02. The Morgan fingerprint density at radius 3 is 3.19 bits per heavy atom. The van der Waals surface area contributed by atoms with Crippen LogP contribution in [0.3, 0.4) is 0 Å². The molecule has 2 aliphatic rings. The van der Waals surface area contributed by atoms with E-state index in [1.807, 2.05) is 22.8 Å². The summed E-state index contributed by atoms with van der Waals surface area (Å²) in [5, 5.41) is 0.730. The van der Waals surface area contributed by atoms with Crippen LogP contribution in [-0.2, 0) is 6.54 Å². The highest BCUT2D eigenvalue weighted by Gasteiger charge is 2.47. The zero-order valence-electron chi connectivity index (χ0n) is 8.48. The molecule has 1 saturated carbocycles. The molecule has 0 spiro atoms. The predicted molar refractivity (Wildman–Crippen MR) is 64.6 cm³/mol. The van der Waals surface area contributed by atoms with E-state index in [0.29, 0.717) is 11.8 Å². The Morgan fingerprint density at radius 1 is 1.44 bits per heavy atom. The van der Waals surface area contributed by atoms with Gasteiger partial charge < -0.3 is 0 Å². The third kappa shape index (κ3) is 1.03. The zero-order chi connectivity index (χ0) is 10.9. The van der Waals surface area contributed by atoms with Gasteiger partial charge in [0.1, 0.15) is 5.82 Å². The molecule has 4 rings (SSSR count). The van der Waals surface area contributed by atoms with Crippen LogP contribution in [0.5, 0.6) is 0 Å². The summed E-state index contributed by atoms with van der Waals surface area (Å²) in [4.78, 5) is 16.8. The quantitative estimate of drug-likeness (QED) is 0.740. The van der Waals surface area contributed by atoms with Crippen LogP contribution in [0.1, 0.15) is 18.2 Å². The number of rotatable bonds is 0. The van der Waals surface area contributed by atoms with Gasteiger partial charge in [0.2, 0.25) is 0 Å². The van der Waals surface area contributed by atoms with E-state index in [-0.39, 0.29) is 5.56 Å². The van der Waals surface area contributed by atoms with Crippen molar-refractivity contribution in [2.75, 3.05) is 0 Å². The molecule has 1 aromatic carbocycles. The van der Waals surface area contributed by atoms with Crippen molar-refractivity contribution in [2.45, 2.75) is 18.9 Å². The molecular formula is C12H9BrN2O. The molecule has 0 N–H and O–H groups in total. The summed E-state index contributed by atoms with van der Waals surface area (Å²) in [7, 11) is 0. The Morgan fingerprint density at radius 2 is 2.31 bits per heavy atom. The van der Waals surface area contributed by atoms with Crippen molar-refractivity contribution in [1.29, 1.82) is 0 Å². The molecule has 1 aliphatic carbocycles. The van der Waals surface area contributed by atoms with E-state index < -0.39 is 0 Å². The van der Waals surface area contributed by atoms with Gasteiger partial charge in [-0.05, 0) is 30.5 Å². The van der Waals surface area contributed by atoms with Crippen LogP contribution >= 0.6 is 15.9 Å². The summed E-state index contributed by atoms with van der Waals surface area (Å²) < 4.78 is 2.83. The van der Waals surface area contributed by atoms with Gasteiger partial charge in [0.25, 0.3) is 5.56 Å². The minimum absolute atomic E-state index is 0.125. The average molecular weight is 277 g/mol. The third-order valence-electron chi connectivity index (χ3n) is 3.62. The fraction of sp³-hybridized carbons (Fsp3) is 0.333. The van der Waals surface area contributed by atoms with Crippen LogP contribution in [0.2, 0.25) is 0 Å². The van der Waals surface area contributed by atoms with Gasteiger partial charge in [-0.25, -0.2) is 4.98 Å². The maximum absolute atomic E-state index is 12.2. The smallest absolute Gasteiger partial charge is 0.261 e. The Hall–Kier alpha value is -1.16. The van der Waals surface area contributed by atoms with Crippen molar-refractivity contribution < 1.29 is 0 Å². The Balaban J connectivity index is 2.14. The monoisotopic (exact) mass is 276 g/mol. The lowest BCUT2D eigenvalue weighted by Crippen LogP contribution is -2.22. The molecule has 0 bridgehead atoms. The number of halogens is 1. The first-order valence-electron chi connectivity index (χ1n) is 5.44. The van der Waals surface area contributed by atoms with Gasteiger partial charge in [0.15, 0.2) is 0 Å². The van der Waals surface area contributed by atoms with Gasteiger partial charge in [-0.2, -0.15) is 0 Å². The highest BCUT2D eigenvalue weighted by molar-refractivity contribution is 9.10. The molecule has 0 amide bonds. The average Bonchev–Trinajstić information content (AvgIpc) is 2.94. The first kappa shape index (κ1) is 8.93. The number of hydrogen-bond donors (Lipinski definition) is 0.